The quantitative estimate of drug-likeness (QED) is 0.423. The van der Waals surface area contributed by atoms with Gasteiger partial charge in [0.2, 0.25) is 0 Å². The van der Waals surface area contributed by atoms with Gasteiger partial charge in [-0.1, -0.05) is 6.07 Å². The molecule has 31 heavy (non-hydrogen) atoms. The Morgan fingerprint density at radius 2 is 1.90 bits per heavy atom. The van der Waals surface area contributed by atoms with Gasteiger partial charge < -0.3 is 14.6 Å². The second kappa shape index (κ2) is 10.00. The van der Waals surface area contributed by atoms with E-state index in [2.05, 4.69) is 33.5 Å². The molecule has 158 valence electrons. The highest BCUT2D eigenvalue weighted by Crippen LogP contribution is 2.20. The first-order valence-corrected chi connectivity index (χ1v) is 10.5. The highest BCUT2D eigenvalue weighted by Gasteiger charge is 2.11. The fourth-order valence-electron chi connectivity index (χ4n) is 3.69. The number of hydrogen-bond acceptors (Lipinski definition) is 5. The largest absolute Gasteiger partial charge is 0.492 e. The molecule has 0 spiro atoms. The van der Waals surface area contributed by atoms with Gasteiger partial charge in [0.15, 0.2) is 0 Å². The van der Waals surface area contributed by atoms with Crippen molar-refractivity contribution >= 4 is 10.9 Å². The molecule has 0 bridgehead atoms. The number of aryl methyl sites for hydroxylation is 2. The Morgan fingerprint density at radius 3 is 2.71 bits per heavy atom. The first-order chi connectivity index (χ1) is 15.2. The number of hydrogen-bond donors (Lipinski definition) is 1. The molecule has 0 saturated carbocycles. The predicted molar refractivity (Wildman–Crippen MR) is 122 cm³/mol. The van der Waals surface area contributed by atoms with Gasteiger partial charge in [-0.2, -0.15) is 0 Å². The van der Waals surface area contributed by atoms with Crippen molar-refractivity contribution in [2.75, 3.05) is 13.2 Å². The Kier molecular flexibility index (Phi) is 6.69. The van der Waals surface area contributed by atoms with E-state index in [0.717, 1.165) is 29.5 Å². The fourth-order valence-corrected chi connectivity index (χ4v) is 3.69. The van der Waals surface area contributed by atoms with Crippen LogP contribution in [0.1, 0.15) is 23.6 Å². The molecule has 6 nitrogen and oxygen atoms in total. The summed E-state index contributed by atoms with van der Waals surface area (Å²) in [5.41, 5.74) is 3.32. The van der Waals surface area contributed by atoms with Crippen LogP contribution in [0.5, 0.6) is 5.75 Å². The lowest BCUT2D eigenvalue weighted by molar-refractivity contribution is 0.303. The minimum absolute atomic E-state index is 0.0150. The zero-order chi connectivity index (χ0) is 21.5. The van der Waals surface area contributed by atoms with Crippen molar-refractivity contribution in [3.05, 3.63) is 101 Å². The number of ether oxygens (including phenoxy) is 1. The van der Waals surface area contributed by atoms with E-state index >= 15 is 0 Å². The molecule has 1 N–H and O–H groups in total. The van der Waals surface area contributed by atoms with Crippen LogP contribution in [0.15, 0.2) is 84.2 Å². The number of nitrogens with zero attached hydrogens (tertiary/aromatic N) is 3. The van der Waals surface area contributed by atoms with Crippen LogP contribution in [0.25, 0.3) is 10.9 Å². The molecule has 0 aliphatic carbocycles. The van der Waals surface area contributed by atoms with Gasteiger partial charge in [0.1, 0.15) is 12.4 Å². The summed E-state index contributed by atoms with van der Waals surface area (Å²) < 4.78 is 7.60. The summed E-state index contributed by atoms with van der Waals surface area (Å²) in [5, 5.41) is 4.60. The van der Waals surface area contributed by atoms with E-state index in [4.69, 9.17) is 4.74 Å². The summed E-state index contributed by atoms with van der Waals surface area (Å²) in [6.45, 7) is 1.26. The first-order valence-electron chi connectivity index (χ1n) is 10.5. The van der Waals surface area contributed by atoms with Gasteiger partial charge in [-0.25, -0.2) is 0 Å². The molecule has 3 heterocycles. The summed E-state index contributed by atoms with van der Waals surface area (Å²) in [6.07, 6.45) is 9.27. The predicted octanol–water partition coefficient (Wildman–Crippen LogP) is 3.67. The molecule has 0 aliphatic heterocycles. The molecule has 0 fully saturated rings. The monoisotopic (exact) mass is 414 g/mol. The number of aromatic nitrogens is 3. The van der Waals surface area contributed by atoms with Crippen molar-refractivity contribution in [3.63, 3.8) is 0 Å². The molecule has 4 aromatic rings. The van der Waals surface area contributed by atoms with Crippen molar-refractivity contribution in [1.29, 1.82) is 0 Å². The van der Waals surface area contributed by atoms with Crippen LogP contribution in [0.4, 0.5) is 0 Å². The van der Waals surface area contributed by atoms with Crippen LogP contribution >= 0.6 is 0 Å². The van der Waals surface area contributed by atoms with E-state index in [0.29, 0.717) is 13.2 Å². The highest BCUT2D eigenvalue weighted by molar-refractivity contribution is 5.80. The lowest BCUT2D eigenvalue weighted by atomic mass is 10.0. The summed E-state index contributed by atoms with van der Waals surface area (Å²) in [7, 11) is 1.78. The minimum Gasteiger partial charge on any atom is -0.492 e. The smallest absolute Gasteiger partial charge is 0.250 e. The third-order valence-corrected chi connectivity index (χ3v) is 5.41. The maximum atomic E-state index is 11.8. The Hall–Kier alpha value is -3.51. The molecular formula is C25H26N4O2. The fraction of sp³-hybridized carbons (Fsp3) is 0.240. The van der Waals surface area contributed by atoms with Crippen molar-refractivity contribution in [3.8, 4) is 5.75 Å². The second-order valence-electron chi connectivity index (χ2n) is 7.49. The second-order valence-corrected chi connectivity index (χ2v) is 7.49. The van der Waals surface area contributed by atoms with E-state index in [1.165, 1.54) is 11.1 Å². The Balaban J connectivity index is 1.35. The topological polar surface area (TPSA) is 69.0 Å². The number of rotatable bonds is 9. The average Bonchev–Trinajstić information content (AvgIpc) is 2.82. The molecule has 0 amide bonds. The van der Waals surface area contributed by atoms with E-state index in [-0.39, 0.29) is 11.6 Å². The van der Waals surface area contributed by atoms with Crippen LogP contribution in [0.3, 0.4) is 0 Å². The molecular weight excluding hydrogens is 388 g/mol. The molecule has 0 radical (unpaired) electrons. The zero-order valence-corrected chi connectivity index (χ0v) is 17.6. The maximum Gasteiger partial charge on any atom is 0.250 e. The molecule has 4 rings (SSSR count). The third kappa shape index (κ3) is 5.35. The molecule has 1 unspecified atom stereocenters. The van der Waals surface area contributed by atoms with E-state index in [9.17, 15) is 4.79 Å². The molecule has 3 aromatic heterocycles. The van der Waals surface area contributed by atoms with Gasteiger partial charge in [0.05, 0.1) is 5.52 Å². The average molecular weight is 415 g/mol. The van der Waals surface area contributed by atoms with E-state index in [1.54, 1.807) is 23.9 Å². The summed E-state index contributed by atoms with van der Waals surface area (Å²) >= 11 is 0. The Morgan fingerprint density at radius 1 is 1.03 bits per heavy atom. The SMILES string of the molecule is Cn1c(=O)ccc2cc(OCCNC(CCc3cccnc3)c3ccncc3)ccc21. The van der Waals surface area contributed by atoms with Crippen LogP contribution < -0.4 is 15.6 Å². The van der Waals surface area contributed by atoms with E-state index < -0.39 is 0 Å². The summed E-state index contributed by atoms with van der Waals surface area (Å²) in [6, 6.07) is 17.6. The Labute approximate surface area is 181 Å². The van der Waals surface area contributed by atoms with Gasteiger partial charge in [-0.3, -0.25) is 14.8 Å². The van der Waals surface area contributed by atoms with Crippen LogP contribution in [0, 0.1) is 0 Å². The number of benzene rings is 1. The number of pyridine rings is 3. The standard InChI is InChI=1S/C25H26N4O2/c1-29-24-8-6-22(17-21(24)5-9-25(29)30)31-16-15-28-23(20-10-13-26-14-11-20)7-4-19-3-2-12-27-18-19/h2-3,5-6,8-14,17-18,23,28H,4,7,15-16H2,1H3. The summed E-state index contributed by atoms with van der Waals surface area (Å²) in [4.78, 5) is 20.1. The van der Waals surface area contributed by atoms with Crippen LogP contribution in [-0.4, -0.2) is 27.7 Å². The highest BCUT2D eigenvalue weighted by atomic mass is 16.5. The third-order valence-electron chi connectivity index (χ3n) is 5.41. The van der Waals surface area contributed by atoms with Crippen molar-refractivity contribution < 1.29 is 4.74 Å². The van der Waals surface area contributed by atoms with Crippen LogP contribution in [-0.2, 0) is 13.5 Å². The summed E-state index contributed by atoms with van der Waals surface area (Å²) in [5.74, 6) is 0.795. The van der Waals surface area contributed by atoms with E-state index in [1.807, 2.05) is 48.9 Å². The normalized spacial score (nSPS) is 12.0. The zero-order valence-electron chi connectivity index (χ0n) is 17.6. The van der Waals surface area contributed by atoms with Crippen molar-refractivity contribution in [2.45, 2.75) is 18.9 Å². The van der Waals surface area contributed by atoms with Gasteiger partial charge >= 0.3 is 0 Å². The van der Waals surface area contributed by atoms with Crippen LogP contribution in [0.2, 0.25) is 0 Å². The minimum atomic E-state index is -0.0150. The van der Waals surface area contributed by atoms with Crippen molar-refractivity contribution in [2.24, 2.45) is 7.05 Å². The number of nitrogens with one attached hydrogen (secondary N) is 1. The Bertz CT molecular complexity index is 1180. The maximum absolute atomic E-state index is 11.8. The molecule has 0 saturated heterocycles. The lowest BCUT2D eigenvalue weighted by Crippen LogP contribution is -2.26. The molecule has 1 aromatic carbocycles. The molecule has 6 heteroatoms. The van der Waals surface area contributed by atoms with Gasteiger partial charge in [0, 0.05) is 55.9 Å². The molecule has 1 atom stereocenters. The van der Waals surface area contributed by atoms with Gasteiger partial charge in [-0.15, -0.1) is 0 Å². The van der Waals surface area contributed by atoms with Crippen molar-refractivity contribution in [1.82, 2.24) is 19.9 Å². The first kappa shape index (κ1) is 20.8. The van der Waals surface area contributed by atoms with Gasteiger partial charge in [0.25, 0.3) is 5.56 Å². The molecule has 0 aliphatic rings. The van der Waals surface area contributed by atoms with Gasteiger partial charge in [-0.05, 0) is 66.4 Å². The lowest BCUT2D eigenvalue weighted by Gasteiger charge is -2.19. The number of fused-ring (bicyclic) bond motifs is 1.